The average molecular weight is 173 g/mol. The average Bonchev–Trinajstić information content (AvgIpc) is 1.86. The van der Waals surface area contributed by atoms with E-state index in [1.54, 1.807) is 12.5 Å². The number of hydrogen-bond acceptors (Lipinski definition) is 2. The van der Waals surface area contributed by atoms with E-state index >= 15 is 0 Å². The molecule has 0 aromatic rings. The van der Waals surface area contributed by atoms with E-state index in [4.69, 9.17) is 11.6 Å². The topological polar surface area (TPSA) is 24.4 Å². The molecule has 1 heterocycles. The van der Waals surface area contributed by atoms with Crippen LogP contribution in [0.5, 0.6) is 0 Å². The van der Waals surface area contributed by atoms with Gasteiger partial charge >= 0.3 is 0 Å². The second kappa shape index (κ2) is 2.86. The zero-order valence-corrected chi connectivity index (χ0v) is 7.81. The van der Waals surface area contributed by atoms with Crippen molar-refractivity contribution >= 4 is 17.9 Å². The summed E-state index contributed by atoms with van der Waals surface area (Å²) in [6.07, 6.45) is 3.37. The molecule has 0 fully saturated rings. The molecule has 0 aromatic heterocycles. The van der Waals surface area contributed by atoms with E-state index in [0.717, 1.165) is 5.03 Å². The lowest BCUT2D eigenvalue weighted by Crippen LogP contribution is -2.41. The van der Waals surface area contributed by atoms with Crippen molar-refractivity contribution < 1.29 is 0 Å². The van der Waals surface area contributed by atoms with Gasteiger partial charge in [0.1, 0.15) is 0 Å². The molecular formula is C8H13ClN2. The number of hydrogen-bond donors (Lipinski definition) is 1. The van der Waals surface area contributed by atoms with E-state index < -0.39 is 0 Å². The molecule has 0 saturated carbocycles. The van der Waals surface area contributed by atoms with E-state index in [2.05, 4.69) is 31.1 Å². The van der Waals surface area contributed by atoms with Gasteiger partial charge in [-0.05, 0) is 5.41 Å². The molecule has 0 saturated heterocycles. The third kappa shape index (κ3) is 1.96. The summed E-state index contributed by atoms with van der Waals surface area (Å²) in [5.41, 5.74) is 0.139. The van der Waals surface area contributed by atoms with Crippen molar-refractivity contribution in [3.8, 4) is 0 Å². The van der Waals surface area contributed by atoms with Gasteiger partial charge in [-0.1, -0.05) is 32.4 Å². The third-order valence-corrected chi connectivity index (χ3v) is 1.97. The Kier molecular flexibility index (Phi) is 2.23. The molecular weight excluding hydrogens is 160 g/mol. The highest BCUT2D eigenvalue weighted by molar-refractivity contribution is 6.30. The molecule has 0 aromatic carbocycles. The number of aliphatic imine (C=N–C) groups is 1. The molecule has 0 amide bonds. The van der Waals surface area contributed by atoms with E-state index in [1.165, 1.54) is 0 Å². The molecule has 1 aliphatic heterocycles. The SMILES string of the molecule is CC(C)(C)C1NC=NC=C1Cl. The molecule has 0 bridgehead atoms. The maximum absolute atomic E-state index is 5.95. The monoisotopic (exact) mass is 172 g/mol. The van der Waals surface area contributed by atoms with Crippen LogP contribution in [0.2, 0.25) is 0 Å². The zero-order chi connectivity index (χ0) is 8.48. The van der Waals surface area contributed by atoms with Gasteiger partial charge in [-0.3, -0.25) is 0 Å². The van der Waals surface area contributed by atoms with Gasteiger partial charge in [0.2, 0.25) is 0 Å². The second-order valence-electron chi connectivity index (χ2n) is 3.76. The Labute approximate surface area is 72.3 Å². The molecule has 1 N–H and O–H groups in total. The van der Waals surface area contributed by atoms with Crippen LogP contribution in [-0.4, -0.2) is 12.4 Å². The van der Waals surface area contributed by atoms with Gasteiger partial charge in [0.05, 0.1) is 17.4 Å². The first-order chi connectivity index (χ1) is 5.02. The minimum Gasteiger partial charge on any atom is -0.368 e. The molecule has 1 aliphatic rings. The van der Waals surface area contributed by atoms with Gasteiger partial charge in [0, 0.05) is 6.20 Å². The maximum atomic E-state index is 5.95. The number of rotatable bonds is 0. The Bertz CT molecular complexity index is 201. The van der Waals surface area contributed by atoms with Crippen LogP contribution in [0.3, 0.4) is 0 Å². The smallest absolute Gasteiger partial charge is 0.0884 e. The van der Waals surface area contributed by atoms with Crippen LogP contribution < -0.4 is 5.32 Å². The third-order valence-electron chi connectivity index (χ3n) is 1.66. The molecule has 1 atom stereocenters. The Hall–Kier alpha value is -0.500. The Morgan fingerprint density at radius 1 is 1.55 bits per heavy atom. The first-order valence-corrected chi connectivity index (χ1v) is 4.03. The molecule has 1 rings (SSSR count). The largest absolute Gasteiger partial charge is 0.368 e. The van der Waals surface area contributed by atoms with Crippen molar-refractivity contribution in [1.29, 1.82) is 0 Å². The molecule has 3 heteroatoms. The minimum atomic E-state index is 0.139. The summed E-state index contributed by atoms with van der Waals surface area (Å²) in [5, 5.41) is 3.89. The minimum absolute atomic E-state index is 0.139. The normalized spacial score (nSPS) is 24.4. The predicted molar refractivity (Wildman–Crippen MR) is 48.8 cm³/mol. The quantitative estimate of drug-likeness (QED) is 0.595. The number of halogens is 1. The molecule has 2 nitrogen and oxygen atoms in total. The Balaban J connectivity index is 2.76. The fraction of sp³-hybridized carbons (Fsp3) is 0.625. The van der Waals surface area contributed by atoms with Crippen LogP contribution in [-0.2, 0) is 0 Å². The first-order valence-electron chi connectivity index (χ1n) is 3.65. The highest BCUT2D eigenvalue weighted by atomic mass is 35.5. The van der Waals surface area contributed by atoms with Crippen molar-refractivity contribution in [3.05, 3.63) is 11.2 Å². The molecule has 62 valence electrons. The van der Waals surface area contributed by atoms with Gasteiger partial charge < -0.3 is 5.32 Å². The van der Waals surface area contributed by atoms with Gasteiger partial charge in [-0.2, -0.15) is 0 Å². The van der Waals surface area contributed by atoms with Crippen molar-refractivity contribution in [3.63, 3.8) is 0 Å². The predicted octanol–water partition coefficient (Wildman–Crippen LogP) is 2.11. The van der Waals surface area contributed by atoms with E-state index in [-0.39, 0.29) is 11.5 Å². The Morgan fingerprint density at radius 3 is 2.55 bits per heavy atom. The van der Waals surface area contributed by atoms with Gasteiger partial charge in [0.15, 0.2) is 0 Å². The second-order valence-corrected chi connectivity index (χ2v) is 4.19. The number of nitrogens with zero attached hydrogens (tertiary/aromatic N) is 1. The molecule has 11 heavy (non-hydrogen) atoms. The van der Waals surface area contributed by atoms with Crippen molar-refractivity contribution in [1.82, 2.24) is 5.32 Å². The van der Waals surface area contributed by atoms with Crippen LogP contribution in [0.4, 0.5) is 0 Å². The van der Waals surface area contributed by atoms with Crippen LogP contribution in [0.15, 0.2) is 16.2 Å². The zero-order valence-electron chi connectivity index (χ0n) is 7.06. The summed E-state index contributed by atoms with van der Waals surface area (Å²) in [4.78, 5) is 3.89. The lowest BCUT2D eigenvalue weighted by atomic mass is 9.86. The fourth-order valence-electron chi connectivity index (χ4n) is 1.04. The summed E-state index contributed by atoms with van der Waals surface area (Å²) in [6.45, 7) is 6.42. The van der Waals surface area contributed by atoms with Crippen molar-refractivity contribution in [2.75, 3.05) is 0 Å². The van der Waals surface area contributed by atoms with E-state index in [0.29, 0.717) is 0 Å². The molecule has 0 aliphatic carbocycles. The summed E-state index contributed by atoms with van der Waals surface area (Å²) < 4.78 is 0. The van der Waals surface area contributed by atoms with Crippen molar-refractivity contribution in [2.24, 2.45) is 10.4 Å². The highest BCUT2D eigenvalue weighted by Gasteiger charge is 2.27. The van der Waals surface area contributed by atoms with Gasteiger partial charge in [-0.15, -0.1) is 0 Å². The molecule has 1 unspecified atom stereocenters. The first kappa shape index (κ1) is 8.60. The molecule has 0 radical (unpaired) electrons. The van der Waals surface area contributed by atoms with Crippen LogP contribution in [0.25, 0.3) is 0 Å². The highest BCUT2D eigenvalue weighted by Crippen LogP contribution is 2.27. The summed E-state index contributed by atoms with van der Waals surface area (Å²) in [5.74, 6) is 0. The fourth-order valence-corrected chi connectivity index (χ4v) is 1.49. The van der Waals surface area contributed by atoms with Crippen LogP contribution >= 0.6 is 11.6 Å². The van der Waals surface area contributed by atoms with Crippen molar-refractivity contribution in [2.45, 2.75) is 26.8 Å². The number of nitrogens with one attached hydrogen (secondary N) is 1. The van der Waals surface area contributed by atoms with Gasteiger partial charge in [0.25, 0.3) is 0 Å². The lowest BCUT2D eigenvalue weighted by Gasteiger charge is -2.31. The van der Waals surface area contributed by atoms with Crippen LogP contribution in [0, 0.1) is 5.41 Å². The molecule has 0 spiro atoms. The summed E-state index contributed by atoms with van der Waals surface area (Å²) >= 11 is 5.95. The van der Waals surface area contributed by atoms with E-state index in [1.807, 2.05) is 0 Å². The van der Waals surface area contributed by atoms with Gasteiger partial charge in [-0.25, -0.2) is 4.99 Å². The van der Waals surface area contributed by atoms with E-state index in [9.17, 15) is 0 Å². The van der Waals surface area contributed by atoms with Crippen LogP contribution in [0.1, 0.15) is 20.8 Å². The standard InChI is InChI=1S/C8H13ClN2/c1-8(2,3)7-6(9)4-10-5-11-7/h4-5,7H,1-3H3,(H,10,11). The maximum Gasteiger partial charge on any atom is 0.0884 e. The summed E-state index contributed by atoms with van der Waals surface area (Å²) in [7, 11) is 0. The lowest BCUT2D eigenvalue weighted by molar-refractivity contribution is 0.338. The Morgan fingerprint density at radius 2 is 2.18 bits per heavy atom. The summed E-state index contributed by atoms with van der Waals surface area (Å²) in [6, 6.07) is 0.196.